The van der Waals surface area contributed by atoms with Crippen molar-refractivity contribution in [1.82, 2.24) is 5.32 Å². The Morgan fingerprint density at radius 1 is 1.31 bits per heavy atom. The molecule has 2 nitrogen and oxygen atoms in total. The first-order valence-electron chi connectivity index (χ1n) is 6.19. The maximum atomic E-state index is 5.49. The number of ether oxygens (including phenoxy) is 1. The summed E-state index contributed by atoms with van der Waals surface area (Å²) in [4.78, 5) is 0. The normalized spacial score (nSPS) is 12.4. The zero-order valence-corrected chi connectivity index (χ0v) is 10.6. The van der Waals surface area contributed by atoms with Crippen LogP contribution in [0.3, 0.4) is 0 Å². The number of nitrogens with one attached hydrogen (secondary N) is 1. The minimum atomic E-state index is 0.621. The monoisotopic (exact) mass is 221 g/mol. The van der Waals surface area contributed by atoms with E-state index in [0.29, 0.717) is 6.04 Å². The molecule has 0 aromatic heterocycles. The molecule has 0 spiro atoms. The average Bonchev–Trinajstić information content (AvgIpc) is 2.31. The second-order valence-electron chi connectivity index (χ2n) is 4.01. The Balaban J connectivity index is 2.49. The molecule has 0 radical (unpaired) electrons. The summed E-state index contributed by atoms with van der Waals surface area (Å²) in [5.74, 6) is 0.984. The third-order valence-corrected chi connectivity index (χ3v) is 2.89. The fourth-order valence-electron chi connectivity index (χ4n) is 1.85. The van der Waals surface area contributed by atoms with E-state index in [1.165, 1.54) is 18.4 Å². The Kier molecular flexibility index (Phi) is 5.94. The molecule has 0 saturated heterocycles. The van der Waals surface area contributed by atoms with Crippen LogP contribution in [0.4, 0.5) is 0 Å². The van der Waals surface area contributed by atoms with Gasteiger partial charge in [0.05, 0.1) is 6.61 Å². The van der Waals surface area contributed by atoms with E-state index in [9.17, 15) is 0 Å². The van der Waals surface area contributed by atoms with Gasteiger partial charge in [0, 0.05) is 6.04 Å². The first kappa shape index (κ1) is 13.0. The lowest BCUT2D eigenvalue weighted by molar-refractivity contribution is 0.340. The Morgan fingerprint density at radius 2 is 2.12 bits per heavy atom. The van der Waals surface area contributed by atoms with Crippen molar-refractivity contribution in [3.8, 4) is 5.75 Å². The highest BCUT2D eigenvalue weighted by molar-refractivity contribution is 5.28. The maximum absolute atomic E-state index is 5.49. The predicted octanol–water partition coefficient (Wildman–Crippen LogP) is 3.02. The predicted molar refractivity (Wildman–Crippen MR) is 69.1 cm³/mol. The van der Waals surface area contributed by atoms with Gasteiger partial charge in [-0.25, -0.2) is 0 Å². The fourth-order valence-corrected chi connectivity index (χ4v) is 1.85. The van der Waals surface area contributed by atoms with Gasteiger partial charge in [0.2, 0.25) is 0 Å². The molecule has 1 unspecified atom stereocenters. The van der Waals surface area contributed by atoms with Crippen molar-refractivity contribution >= 4 is 0 Å². The molecular weight excluding hydrogens is 198 g/mol. The van der Waals surface area contributed by atoms with E-state index in [2.05, 4.69) is 30.4 Å². The van der Waals surface area contributed by atoms with Crippen LogP contribution in [0.5, 0.6) is 5.75 Å². The molecule has 90 valence electrons. The Morgan fingerprint density at radius 3 is 2.75 bits per heavy atom. The molecule has 16 heavy (non-hydrogen) atoms. The highest BCUT2D eigenvalue weighted by atomic mass is 16.5. The van der Waals surface area contributed by atoms with Crippen molar-refractivity contribution in [2.45, 2.75) is 39.2 Å². The summed E-state index contributed by atoms with van der Waals surface area (Å²) >= 11 is 0. The van der Waals surface area contributed by atoms with Gasteiger partial charge in [0.1, 0.15) is 5.75 Å². The Labute approximate surface area is 99.0 Å². The van der Waals surface area contributed by atoms with Gasteiger partial charge in [-0.05, 0) is 50.9 Å². The van der Waals surface area contributed by atoms with Gasteiger partial charge >= 0.3 is 0 Å². The van der Waals surface area contributed by atoms with Gasteiger partial charge in [-0.3, -0.25) is 0 Å². The van der Waals surface area contributed by atoms with Crippen molar-refractivity contribution in [2.24, 2.45) is 0 Å². The molecule has 2 heteroatoms. The molecule has 1 N–H and O–H groups in total. The summed E-state index contributed by atoms with van der Waals surface area (Å²) in [5, 5.41) is 3.33. The third-order valence-electron chi connectivity index (χ3n) is 2.89. The van der Waals surface area contributed by atoms with Crippen LogP contribution in [-0.4, -0.2) is 19.7 Å². The first-order valence-corrected chi connectivity index (χ1v) is 6.19. The van der Waals surface area contributed by atoms with Crippen LogP contribution in [0.25, 0.3) is 0 Å². The van der Waals surface area contributed by atoms with Crippen molar-refractivity contribution in [3.05, 3.63) is 29.8 Å². The number of aryl methyl sites for hydroxylation is 1. The zero-order chi connectivity index (χ0) is 11.8. The molecule has 1 aromatic rings. The van der Waals surface area contributed by atoms with Gasteiger partial charge in [-0.1, -0.05) is 19.1 Å². The average molecular weight is 221 g/mol. The summed E-state index contributed by atoms with van der Waals surface area (Å²) in [6, 6.07) is 9.02. The van der Waals surface area contributed by atoms with Gasteiger partial charge in [0.25, 0.3) is 0 Å². The molecule has 0 fully saturated rings. The summed E-state index contributed by atoms with van der Waals surface area (Å²) < 4.78 is 5.49. The molecule has 0 bridgehead atoms. The summed E-state index contributed by atoms with van der Waals surface area (Å²) in [6.45, 7) is 4.97. The minimum Gasteiger partial charge on any atom is -0.494 e. The van der Waals surface area contributed by atoms with Gasteiger partial charge in [-0.15, -0.1) is 0 Å². The van der Waals surface area contributed by atoms with Crippen molar-refractivity contribution in [1.29, 1.82) is 0 Å². The summed E-state index contributed by atoms with van der Waals surface area (Å²) in [5.41, 5.74) is 1.36. The molecule has 1 rings (SSSR count). The molecule has 0 heterocycles. The van der Waals surface area contributed by atoms with Gasteiger partial charge in [-0.2, -0.15) is 0 Å². The summed E-state index contributed by atoms with van der Waals surface area (Å²) in [7, 11) is 2.03. The highest BCUT2D eigenvalue weighted by Crippen LogP contribution is 2.15. The van der Waals surface area contributed by atoms with E-state index < -0.39 is 0 Å². The fraction of sp³-hybridized carbons (Fsp3) is 0.571. The van der Waals surface area contributed by atoms with Crippen LogP contribution >= 0.6 is 0 Å². The molecule has 0 aliphatic carbocycles. The van der Waals surface area contributed by atoms with E-state index >= 15 is 0 Å². The molecule has 1 atom stereocenters. The Hall–Kier alpha value is -1.02. The topological polar surface area (TPSA) is 21.3 Å². The molecule has 0 saturated carbocycles. The van der Waals surface area contributed by atoms with Crippen LogP contribution in [0.15, 0.2) is 24.3 Å². The second kappa shape index (κ2) is 7.29. The van der Waals surface area contributed by atoms with Crippen LogP contribution in [0, 0.1) is 0 Å². The number of hydrogen-bond donors (Lipinski definition) is 1. The largest absolute Gasteiger partial charge is 0.494 e. The van der Waals surface area contributed by atoms with Crippen molar-refractivity contribution in [2.75, 3.05) is 13.7 Å². The molecular formula is C14H23NO. The van der Waals surface area contributed by atoms with Crippen LogP contribution in [-0.2, 0) is 6.42 Å². The van der Waals surface area contributed by atoms with E-state index in [4.69, 9.17) is 4.74 Å². The first-order chi connectivity index (χ1) is 7.80. The van der Waals surface area contributed by atoms with Crippen LogP contribution in [0.1, 0.15) is 32.3 Å². The SMILES string of the molecule is CCOc1cccc(CCC(CC)NC)c1. The quantitative estimate of drug-likeness (QED) is 0.764. The van der Waals surface area contributed by atoms with E-state index in [1.807, 2.05) is 20.0 Å². The number of benzene rings is 1. The van der Waals surface area contributed by atoms with Gasteiger partial charge < -0.3 is 10.1 Å². The lowest BCUT2D eigenvalue weighted by Crippen LogP contribution is -2.24. The van der Waals surface area contributed by atoms with Crippen molar-refractivity contribution < 1.29 is 4.74 Å². The number of rotatable bonds is 7. The number of hydrogen-bond acceptors (Lipinski definition) is 2. The lowest BCUT2D eigenvalue weighted by Gasteiger charge is -2.13. The van der Waals surface area contributed by atoms with E-state index in [-0.39, 0.29) is 0 Å². The van der Waals surface area contributed by atoms with Crippen molar-refractivity contribution in [3.63, 3.8) is 0 Å². The van der Waals surface area contributed by atoms with E-state index in [1.54, 1.807) is 0 Å². The minimum absolute atomic E-state index is 0.621. The zero-order valence-electron chi connectivity index (χ0n) is 10.6. The maximum Gasteiger partial charge on any atom is 0.119 e. The van der Waals surface area contributed by atoms with Gasteiger partial charge in [0.15, 0.2) is 0 Å². The van der Waals surface area contributed by atoms with Crippen LogP contribution < -0.4 is 10.1 Å². The molecule has 0 amide bonds. The Bertz CT molecular complexity index is 295. The second-order valence-corrected chi connectivity index (χ2v) is 4.01. The standard InChI is InChI=1S/C14H23NO/c1-4-13(15-3)10-9-12-7-6-8-14(11-12)16-5-2/h6-8,11,13,15H,4-5,9-10H2,1-3H3. The third kappa shape index (κ3) is 4.23. The van der Waals surface area contributed by atoms with Crippen LogP contribution in [0.2, 0.25) is 0 Å². The molecule has 0 aliphatic heterocycles. The molecule has 1 aromatic carbocycles. The highest BCUT2D eigenvalue weighted by Gasteiger charge is 2.03. The van der Waals surface area contributed by atoms with E-state index in [0.717, 1.165) is 18.8 Å². The summed E-state index contributed by atoms with van der Waals surface area (Å²) in [6.07, 6.45) is 3.48. The smallest absolute Gasteiger partial charge is 0.119 e. The lowest BCUT2D eigenvalue weighted by atomic mass is 10.0. The molecule has 0 aliphatic rings.